The molecule has 1 aromatic heterocycles. The number of rotatable bonds is 2. The fraction of sp³-hybridized carbons (Fsp3) is 0.214. The summed E-state index contributed by atoms with van der Waals surface area (Å²) in [5.74, 6) is 1.31. The van der Waals surface area contributed by atoms with Crippen molar-refractivity contribution in [2.24, 2.45) is 5.92 Å². The molecule has 0 saturated heterocycles. The van der Waals surface area contributed by atoms with Gasteiger partial charge in [0.15, 0.2) is 5.82 Å². The van der Waals surface area contributed by atoms with E-state index in [0.717, 1.165) is 12.4 Å². The molecule has 4 heterocycles. The van der Waals surface area contributed by atoms with Crippen LogP contribution in [0.3, 0.4) is 0 Å². The fourth-order valence-electron chi connectivity index (χ4n) is 6.45. The van der Waals surface area contributed by atoms with Gasteiger partial charge in [-0.3, -0.25) is 0 Å². The minimum Gasteiger partial charge on any atom is -0.352 e. The molecule has 162 valence electrons. The summed E-state index contributed by atoms with van der Waals surface area (Å²) in [7, 11) is 2.22. The van der Waals surface area contributed by atoms with Crippen LogP contribution >= 0.6 is 0 Å². The zero-order valence-electron chi connectivity index (χ0n) is 18.5. The lowest BCUT2D eigenvalue weighted by Crippen LogP contribution is -2.47. The van der Waals surface area contributed by atoms with Gasteiger partial charge >= 0.3 is 0 Å². The number of fused-ring (bicyclic) bond motifs is 7. The third-order valence-corrected chi connectivity index (χ3v) is 7.77. The van der Waals surface area contributed by atoms with Crippen LogP contribution in [0, 0.1) is 5.92 Å². The number of benzene rings is 3. The maximum Gasteiger partial charge on any atom is 0.159 e. The Morgan fingerprint density at radius 1 is 0.909 bits per heavy atom. The van der Waals surface area contributed by atoms with Gasteiger partial charge in [-0.25, -0.2) is 9.67 Å². The highest BCUT2D eigenvalue weighted by molar-refractivity contribution is 5.78. The largest absolute Gasteiger partial charge is 0.352 e. The Morgan fingerprint density at radius 2 is 1.64 bits per heavy atom. The quantitative estimate of drug-likeness (QED) is 0.407. The molecule has 3 aliphatic heterocycles. The molecular weight excluding hydrogens is 406 g/mol. The van der Waals surface area contributed by atoms with Crippen LogP contribution in [0.25, 0.3) is 11.4 Å². The Kier molecular flexibility index (Phi) is 3.86. The van der Waals surface area contributed by atoms with E-state index in [1.807, 2.05) is 0 Å². The first-order valence-corrected chi connectivity index (χ1v) is 11.6. The van der Waals surface area contributed by atoms with Crippen molar-refractivity contribution in [2.75, 3.05) is 16.8 Å². The lowest BCUT2D eigenvalue weighted by molar-refractivity contribution is 0.336. The first kappa shape index (κ1) is 18.7. The van der Waals surface area contributed by atoms with Crippen LogP contribution in [-0.4, -0.2) is 28.0 Å². The van der Waals surface area contributed by atoms with Gasteiger partial charge in [0, 0.05) is 31.0 Å². The summed E-state index contributed by atoms with van der Waals surface area (Å²) in [6, 6.07) is 26.4. The van der Waals surface area contributed by atoms with Crippen molar-refractivity contribution in [3.05, 3.63) is 108 Å². The van der Waals surface area contributed by atoms with Crippen molar-refractivity contribution in [1.82, 2.24) is 14.8 Å². The predicted octanol–water partition coefficient (Wildman–Crippen LogP) is 5.23. The van der Waals surface area contributed by atoms with E-state index in [9.17, 15) is 0 Å². The van der Waals surface area contributed by atoms with E-state index in [0.29, 0.717) is 0 Å². The molecular formula is C28H25N5. The van der Waals surface area contributed by atoms with Crippen molar-refractivity contribution >= 4 is 11.4 Å². The van der Waals surface area contributed by atoms with E-state index in [1.54, 1.807) is 6.33 Å². The summed E-state index contributed by atoms with van der Waals surface area (Å²) in [6.45, 7) is 5.26. The SMILES string of the molecule is C=CC1C(C2c3ccccc3-c3ncnn32)c2ccccc2CN2c3ccccc3N(C)C12. The standard InChI is InChI=1S/C28H25N5/c1-3-19-25(26-21-12-6-7-13-22(21)27-29-17-30-33(26)27)20-11-5-4-10-18(20)16-32-24-15-9-8-14-23(24)31(2)28(19)32/h3-15,17,19,25-26,28H,1,16H2,2H3. The number of aromatic nitrogens is 3. The van der Waals surface area contributed by atoms with Gasteiger partial charge in [0.05, 0.1) is 17.4 Å². The molecule has 0 fully saturated rings. The van der Waals surface area contributed by atoms with Gasteiger partial charge < -0.3 is 9.80 Å². The third kappa shape index (κ3) is 2.42. The average molecular weight is 432 g/mol. The number of anilines is 2. The molecule has 0 saturated carbocycles. The van der Waals surface area contributed by atoms with E-state index in [1.165, 1.54) is 33.6 Å². The second-order valence-electron chi connectivity index (χ2n) is 9.24. The van der Waals surface area contributed by atoms with E-state index in [-0.39, 0.29) is 24.0 Å². The van der Waals surface area contributed by atoms with Gasteiger partial charge in [0.2, 0.25) is 0 Å². The zero-order chi connectivity index (χ0) is 22.1. The summed E-state index contributed by atoms with van der Waals surface area (Å²) in [4.78, 5) is 9.63. The minimum absolute atomic E-state index is 0.0694. The van der Waals surface area contributed by atoms with Crippen LogP contribution in [0.4, 0.5) is 11.4 Å². The molecule has 0 N–H and O–H groups in total. The second kappa shape index (κ2) is 6.82. The average Bonchev–Trinajstić information content (AvgIpc) is 3.49. The van der Waals surface area contributed by atoms with Gasteiger partial charge in [-0.1, -0.05) is 66.7 Å². The maximum atomic E-state index is 4.73. The first-order chi connectivity index (χ1) is 16.3. The second-order valence-corrected chi connectivity index (χ2v) is 9.24. The maximum absolute atomic E-state index is 4.73. The number of nitrogens with zero attached hydrogens (tertiary/aromatic N) is 5. The molecule has 0 spiro atoms. The fourth-order valence-corrected chi connectivity index (χ4v) is 6.45. The number of para-hydroxylation sites is 2. The Bertz CT molecular complexity index is 1390. The molecule has 33 heavy (non-hydrogen) atoms. The van der Waals surface area contributed by atoms with Gasteiger partial charge in [0.25, 0.3) is 0 Å². The molecule has 5 heteroatoms. The summed E-state index contributed by atoms with van der Waals surface area (Å²) >= 11 is 0. The predicted molar refractivity (Wildman–Crippen MR) is 131 cm³/mol. The van der Waals surface area contributed by atoms with Crippen molar-refractivity contribution in [3.8, 4) is 11.4 Å². The number of hydrogen-bond donors (Lipinski definition) is 0. The molecule has 4 unspecified atom stereocenters. The molecule has 0 bridgehead atoms. The van der Waals surface area contributed by atoms with Gasteiger partial charge in [0.1, 0.15) is 12.5 Å². The highest BCUT2D eigenvalue weighted by Crippen LogP contribution is 2.54. The highest BCUT2D eigenvalue weighted by Gasteiger charge is 2.49. The summed E-state index contributed by atoms with van der Waals surface area (Å²) in [5.41, 5.74) is 7.80. The third-order valence-electron chi connectivity index (χ3n) is 7.77. The topological polar surface area (TPSA) is 37.2 Å². The van der Waals surface area contributed by atoms with Crippen molar-refractivity contribution in [2.45, 2.75) is 24.7 Å². The lowest BCUT2D eigenvalue weighted by atomic mass is 9.76. The molecule has 3 aromatic carbocycles. The Labute approximate surface area is 193 Å². The van der Waals surface area contributed by atoms with E-state index < -0.39 is 0 Å². The highest BCUT2D eigenvalue weighted by atomic mass is 15.4. The Hall–Kier alpha value is -3.86. The van der Waals surface area contributed by atoms with Gasteiger partial charge in [-0.15, -0.1) is 6.58 Å². The van der Waals surface area contributed by atoms with E-state index in [4.69, 9.17) is 5.10 Å². The lowest BCUT2D eigenvalue weighted by Gasteiger charge is -2.39. The summed E-state index contributed by atoms with van der Waals surface area (Å²) in [6.07, 6.45) is 4.04. The van der Waals surface area contributed by atoms with Crippen LogP contribution in [0.2, 0.25) is 0 Å². The van der Waals surface area contributed by atoms with Crippen LogP contribution in [0.5, 0.6) is 0 Å². The van der Waals surface area contributed by atoms with Gasteiger partial charge in [-0.05, 0) is 28.8 Å². The Morgan fingerprint density at radius 3 is 2.48 bits per heavy atom. The molecule has 4 aromatic rings. The van der Waals surface area contributed by atoms with E-state index >= 15 is 0 Å². The molecule has 5 nitrogen and oxygen atoms in total. The minimum atomic E-state index is 0.0694. The van der Waals surface area contributed by atoms with Crippen LogP contribution in [0.15, 0.2) is 91.8 Å². The molecule has 4 atom stereocenters. The summed E-state index contributed by atoms with van der Waals surface area (Å²) in [5, 5.41) is 4.73. The van der Waals surface area contributed by atoms with Gasteiger partial charge in [-0.2, -0.15) is 5.10 Å². The Balaban J connectivity index is 1.48. The molecule has 7 rings (SSSR count). The summed E-state index contributed by atoms with van der Waals surface area (Å²) < 4.78 is 2.14. The number of hydrogen-bond acceptors (Lipinski definition) is 4. The smallest absolute Gasteiger partial charge is 0.159 e. The van der Waals surface area contributed by atoms with Crippen molar-refractivity contribution in [3.63, 3.8) is 0 Å². The molecule has 3 aliphatic rings. The monoisotopic (exact) mass is 431 g/mol. The molecule has 0 aliphatic carbocycles. The van der Waals surface area contributed by atoms with Crippen LogP contribution < -0.4 is 9.80 Å². The zero-order valence-corrected chi connectivity index (χ0v) is 18.5. The molecule has 0 radical (unpaired) electrons. The first-order valence-electron chi connectivity index (χ1n) is 11.6. The normalized spacial score (nSPS) is 24.4. The van der Waals surface area contributed by atoms with Crippen molar-refractivity contribution in [1.29, 1.82) is 0 Å². The van der Waals surface area contributed by atoms with E-state index in [2.05, 4.69) is 112 Å². The van der Waals surface area contributed by atoms with Crippen molar-refractivity contribution < 1.29 is 0 Å². The van der Waals surface area contributed by atoms with Crippen LogP contribution in [-0.2, 0) is 6.54 Å². The van der Waals surface area contributed by atoms with Crippen LogP contribution in [0.1, 0.15) is 28.7 Å². The molecule has 0 amide bonds.